The zero-order valence-corrected chi connectivity index (χ0v) is 9.46. The molecule has 1 saturated heterocycles. The number of rotatable bonds is 1. The van der Waals surface area contributed by atoms with Crippen molar-refractivity contribution in [1.29, 1.82) is 5.26 Å². The van der Waals surface area contributed by atoms with Gasteiger partial charge >= 0.3 is 0 Å². The van der Waals surface area contributed by atoms with Gasteiger partial charge in [-0.3, -0.25) is 9.59 Å². The Balaban J connectivity index is 2.53. The lowest BCUT2D eigenvalue weighted by molar-refractivity contribution is -0.124. The fourth-order valence-corrected chi connectivity index (χ4v) is 2.28. The maximum atomic E-state index is 13.4. The number of amides is 2. The number of nitriles is 1. The number of imide groups is 1. The number of thioether (sulfide) groups is 1. The summed E-state index contributed by atoms with van der Waals surface area (Å²) in [4.78, 5) is 24.2. The number of nitrogens with zero attached hydrogens (tertiary/aromatic N) is 2. The molecule has 1 aliphatic rings. The van der Waals surface area contributed by atoms with Gasteiger partial charge < -0.3 is 0 Å². The van der Waals surface area contributed by atoms with Crippen LogP contribution in [0.4, 0.5) is 10.1 Å². The summed E-state index contributed by atoms with van der Waals surface area (Å²) in [5.74, 6) is -1.26. The number of benzene rings is 1. The summed E-state index contributed by atoms with van der Waals surface area (Å²) in [5.41, 5.74) is -0.246. The van der Waals surface area contributed by atoms with Gasteiger partial charge in [0.1, 0.15) is 17.4 Å². The average molecular weight is 250 g/mol. The van der Waals surface area contributed by atoms with Crippen LogP contribution in [-0.4, -0.2) is 23.3 Å². The fraction of sp³-hybridized carbons (Fsp3) is 0.182. The van der Waals surface area contributed by atoms with Crippen molar-refractivity contribution in [2.24, 2.45) is 0 Å². The molecule has 0 radical (unpaired) electrons. The van der Waals surface area contributed by atoms with Crippen LogP contribution in [0.2, 0.25) is 0 Å². The van der Waals surface area contributed by atoms with Crippen LogP contribution in [0.25, 0.3) is 0 Å². The van der Waals surface area contributed by atoms with Gasteiger partial charge in [-0.05, 0) is 12.1 Å². The van der Waals surface area contributed by atoms with Gasteiger partial charge in [-0.1, -0.05) is 6.07 Å². The Hall–Kier alpha value is -1.87. The van der Waals surface area contributed by atoms with Crippen molar-refractivity contribution in [2.45, 2.75) is 0 Å². The second-order valence-electron chi connectivity index (χ2n) is 3.36. The summed E-state index contributed by atoms with van der Waals surface area (Å²) < 4.78 is 13.4. The van der Waals surface area contributed by atoms with E-state index in [1.165, 1.54) is 23.9 Å². The molecule has 0 aliphatic carbocycles. The molecule has 86 valence electrons. The minimum absolute atomic E-state index is 0.0304. The standard InChI is InChI=1S/C11H7FN2O2S/c12-8-2-1-3-9(7(8)4-13)14-10(15)5-17-6-11(14)16/h1-3H,5-6H2. The predicted molar refractivity (Wildman–Crippen MR) is 60.9 cm³/mol. The smallest absolute Gasteiger partial charge is 0.243 e. The topological polar surface area (TPSA) is 61.2 Å². The molecule has 0 unspecified atom stereocenters. The highest BCUT2D eigenvalue weighted by Crippen LogP contribution is 2.26. The molecule has 2 rings (SSSR count). The minimum atomic E-state index is -0.733. The van der Waals surface area contributed by atoms with Crippen molar-refractivity contribution in [3.63, 3.8) is 0 Å². The van der Waals surface area contributed by atoms with Crippen molar-refractivity contribution in [1.82, 2.24) is 0 Å². The molecule has 0 atom stereocenters. The van der Waals surface area contributed by atoms with Gasteiger partial charge in [-0.15, -0.1) is 11.8 Å². The fourth-order valence-electron chi connectivity index (χ4n) is 1.57. The molecular weight excluding hydrogens is 243 g/mol. The van der Waals surface area contributed by atoms with Gasteiger partial charge in [0.05, 0.1) is 17.2 Å². The first-order valence-electron chi connectivity index (χ1n) is 4.77. The lowest BCUT2D eigenvalue weighted by Gasteiger charge is -2.25. The van der Waals surface area contributed by atoms with Crippen LogP contribution >= 0.6 is 11.8 Å². The SMILES string of the molecule is N#Cc1c(F)cccc1N1C(=O)CSCC1=O. The Labute approximate surface area is 101 Å². The Bertz CT molecular complexity index is 523. The molecule has 1 aliphatic heterocycles. The molecule has 1 heterocycles. The Morgan fingerprint density at radius 1 is 1.29 bits per heavy atom. The first-order chi connectivity index (χ1) is 8.15. The second kappa shape index (κ2) is 4.55. The van der Waals surface area contributed by atoms with Crippen molar-refractivity contribution < 1.29 is 14.0 Å². The van der Waals surface area contributed by atoms with Gasteiger partial charge in [0.25, 0.3) is 0 Å². The molecule has 17 heavy (non-hydrogen) atoms. The summed E-state index contributed by atoms with van der Waals surface area (Å²) in [6, 6.07) is 5.56. The van der Waals surface area contributed by atoms with Crippen LogP contribution in [0.5, 0.6) is 0 Å². The molecule has 4 nitrogen and oxygen atoms in total. The second-order valence-corrected chi connectivity index (χ2v) is 4.35. The van der Waals surface area contributed by atoms with E-state index in [9.17, 15) is 14.0 Å². The van der Waals surface area contributed by atoms with Crippen LogP contribution in [0.3, 0.4) is 0 Å². The summed E-state index contributed by atoms with van der Waals surface area (Å²) in [7, 11) is 0. The number of hydrogen-bond acceptors (Lipinski definition) is 4. The lowest BCUT2D eigenvalue weighted by Crippen LogP contribution is -2.43. The van der Waals surface area contributed by atoms with Crippen LogP contribution < -0.4 is 4.90 Å². The number of carbonyl (C=O) groups is 2. The van der Waals surface area contributed by atoms with E-state index in [1.54, 1.807) is 6.07 Å². The van der Waals surface area contributed by atoms with Gasteiger partial charge in [0.2, 0.25) is 11.8 Å². The maximum Gasteiger partial charge on any atom is 0.243 e. The third kappa shape index (κ3) is 2.01. The Morgan fingerprint density at radius 3 is 2.53 bits per heavy atom. The zero-order chi connectivity index (χ0) is 12.4. The molecule has 6 heteroatoms. The molecule has 1 aromatic carbocycles. The van der Waals surface area contributed by atoms with Gasteiger partial charge in [0.15, 0.2) is 0 Å². The number of hydrogen-bond donors (Lipinski definition) is 0. The minimum Gasteiger partial charge on any atom is -0.273 e. The third-order valence-electron chi connectivity index (χ3n) is 2.29. The zero-order valence-electron chi connectivity index (χ0n) is 8.64. The molecule has 0 spiro atoms. The first-order valence-corrected chi connectivity index (χ1v) is 5.92. The van der Waals surface area contributed by atoms with E-state index in [0.29, 0.717) is 0 Å². The predicted octanol–water partition coefficient (Wildman–Crippen LogP) is 1.30. The monoisotopic (exact) mass is 250 g/mol. The summed E-state index contributed by atoms with van der Waals surface area (Å²) in [5, 5.41) is 8.86. The highest BCUT2D eigenvalue weighted by atomic mass is 32.2. The van der Waals surface area contributed by atoms with E-state index >= 15 is 0 Å². The van der Waals surface area contributed by atoms with Crippen LogP contribution in [0.15, 0.2) is 18.2 Å². The molecule has 0 saturated carbocycles. The van der Waals surface area contributed by atoms with Crippen molar-refractivity contribution in [2.75, 3.05) is 16.4 Å². The molecule has 0 bridgehead atoms. The third-order valence-corrected chi connectivity index (χ3v) is 3.20. The molecule has 0 N–H and O–H groups in total. The lowest BCUT2D eigenvalue weighted by atomic mass is 10.1. The highest BCUT2D eigenvalue weighted by Gasteiger charge is 2.30. The van der Waals surface area contributed by atoms with E-state index in [0.717, 1.165) is 11.0 Å². The summed E-state index contributed by atoms with van der Waals surface area (Å²) >= 11 is 1.21. The molecule has 2 amide bonds. The molecule has 1 fully saturated rings. The highest BCUT2D eigenvalue weighted by molar-refractivity contribution is 8.00. The molecule has 0 aromatic heterocycles. The average Bonchev–Trinajstić information content (AvgIpc) is 2.29. The number of halogens is 1. The van der Waals surface area contributed by atoms with E-state index in [2.05, 4.69) is 0 Å². The molecule has 1 aromatic rings. The van der Waals surface area contributed by atoms with Gasteiger partial charge in [-0.25, -0.2) is 9.29 Å². The van der Waals surface area contributed by atoms with Crippen LogP contribution in [0, 0.1) is 17.1 Å². The first kappa shape index (κ1) is 11.6. The van der Waals surface area contributed by atoms with E-state index in [-0.39, 0.29) is 22.8 Å². The maximum absolute atomic E-state index is 13.4. The quantitative estimate of drug-likeness (QED) is 0.705. The van der Waals surface area contributed by atoms with Gasteiger partial charge in [0, 0.05) is 0 Å². The summed E-state index contributed by atoms with van der Waals surface area (Å²) in [6.45, 7) is 0. The van der Waals surface area contributed by atoms with Crippen molar-refractivity contribution in [3.8, 4) is 6.07 Å². The van der Waals surface area contributed by atoms with E-state index < -0.39 is 17.6 Å². The largest absolute Gasteiger partial charge is 0.273 e. The Kier molecular flexibility index (Phi) is 3.11. The van der Waals surface area contributed by atoms with Gasteiger partial charge in [-0.2, -0.15) is 5.26 Å². The molecular formula is C11H7FN2O2S. The number of carbonyl (C=O) groups excluding carboxylic acids is 2. The normalized spacial score (nSPS) is 15.9. The summed E-state index contributed by atoms with van der Waals surface area (Å²) in [6.07, 6.45) is 0. The Morgan fingerprint density at radius 2 is 1.94 bits per heavy atom. The van der Waals surface area contributed by atoms with E-state index in [1.807, 2.05) is 0 Å². The van der Waals surface area contributed by atoms with Crippen LogP contribution in [-0.2, 0) is 9.59 Å². The van der Waals surface area contributed by atoms with Crippen molar-refractivity contribution in [3.05, 3.63) is 29.6 Å². The van der Waals surface area contributed by atoms with E-state index in [4.69, 9.17) is 5.26 Å². The number of anilines is 1. The van der Waals surface area contributed by atoms with Crippen molar-refractivity contribution >= 4 is 29.3 Å². The van der Waals surface area contributed by atoms with Crippen LogP contribution in [0.1, 0.15) is 5.56 Å².